The first-order chi connectivity index (χ1) is 13.9. The standard InChI is InChI=1S/C20H27N5O3S/c1-21-20(23-15-16-7-9-17(10-8-16)29(27,28)22-2)25-13-11-24(12-14-25)18-5-3-4-6-19(18)26/h3-10,22,26H,11-15H2,1-2H3,(H,21,23). The summed E-state index contributed by atoms with van der Waals surface area (Å²) in [4.78, 5) is 8.96. The van der Waals surface area contributed by atoms with Crippen LogP contribution < -0.4 is 14.9 Å². The van der Waals surface area contributed by atoms with Crippen LogP contribution in [0, 0.1) is 0 Å². The van der Waals surface area contributed by atoms with Gasteiger partial charge < -0.3 is 20.2 Å². The number of phenolic OH excluding ortho intramolecular Hbond substituents is 1. The maximum absolute atomic E-state index is 11.8. The van der Waals surface area contributed by atoms with E-state index in [0.717, 1.165) is 43.4 Å². The quantitative estimate of drug-likeness (QED) is 0.500. The lowest BCUT2D eigenvalue weighted by atomic mass is 10.2. The first kappa shape index (κ1) is 20.9. The van der Waals surface area contributed by atoms with E-state index >= 15 is 0 Å². The van der Waals surface area contributed by atoms with E-state index in [4.69, 9.17) is 0 Å². The van der Waals surface area contributed by atoms with Gasteiger partial charge in [0, 0.05) is 39.8 Å². The second-order valence-corrected chi connectivity index (χ2v) is 8.60. The summed E-state index contributed by atoms with van der Waals surface area (Å²) >= 11 is 0. The molecule has 29 heavy (non-hydrogen) atoms. The number of aromatic hydroxyl groups is 1. The van der Waals surface area contributed by atoms with E-state index in [9.17, 15) is 13.5 Å². The molecule has 0 aromatic heterocycles. The van der Waals surface area contributed by atoms with E-state index in [0.29, 0.717) is 12.3 Å². The van der Waals surface area contributed by atoms with Crippen molar-refractivity contribution in [2.45, 2.75) is 11.4 Å². The second-order valence-electron chi connectivity index (χ2n) is 6.72. The molecule has 8 nitrogen and oxygen atoms in total. The van der Waals surface area contributed by atoms with Crippen LogP contribution in [0.3, 0.4) is 0 Å². The van der Waals surface area contributed by atoms with Crippen molar-refractivity contribution in [3.63, 3.8) is 0 Å². The molecule has 156 valence electrons. The number of para-hydroxylation sites is 2. The monoisotopic (exact) mass is 417 g/mol. The van der Waals surface area contributed by atoms with Crippen molar-refractivity contribution in [3.05, 3.63) is 54.1 Å². The molecule has 1 saturated heterocycles. The lowest BCUT2D eigenvalue weighted by molar-refractivity contribution is 0.369. The van der Waals surface area contributed by atoms with Crippen molar-refractivity contribution in [2.75, 3.05) is 45.2 Å². The maximum Gasteiger partial charge on any atom is 0.240 e. The molecule has 9 heteroatoms. The first-order valence-corrected chi connectivity index (χ1v) is 10.9. The summed E-state index contributed by atoms with van der Waals surface area (Å²) in [6.07, 6.45) is 0. The number of nitrogens with one attached hydrogen (secondary N) is 2. The van der Waals surface area contributed by atoms with E-state index in [1.165, 1.54) is 7.05 Å². The van der Waals surface area contributed by atoms with Gasteiger partial charge in [-0.1, -0.05) is 24.3 Å². The topological polar surface area (TPSA) is 97.3 Å². The molecule has 1 heterocycles. The predicted molar refractivity (Wildman–Crippen MR) is 115 cm³/mol. The van der Waals surface area contributed by atoms with Crippen LogP contribution in [0.4, 0.5) is 5.69 Å². The SMILES string of the molecule is CN=C(NCc1ccc(S(=O)(=O)NC)cc1)N1CCN(c2ccccc2O)CC1. The van der Waals surface area contributed by atoms with Gasteiger partial charge >= 0.3 is 0 Å². The highest BCUT2D eigenvalue weighted by Crippen LogP contribution is 2.27. The molecule has 0 saturated carbocycles. The number of phenols is 1. The van der Waals surface area contributed by atoms with Crippen LogP contribution in [-0.4, -0.2) is 64.7 Å². The molecule has 1 aliphatic rings. The minimum atomic E-state index is -3.42. The van der Waals surface area contributed by atoms with E-state index in [-0.39, 0.29) is 4.90 Å². The number of aliphatic imine (C=N–C) groups is 1. The molecule has 0 bridgehead atoms. The summed E-state index contributed by atoms with van der Waals surface area (Å²) in [6, 6.07) is 14.1. The van der Waals surface area contributed by atoms with Gasteiger partial charge in [0.05, 0.1) is 10.6 Å². The van der Waals surface area contributed by atoms with Gasteiger partial charge in [0.15, 0.2) is 5.96 Å². The van der Waals surface area contributed by atoms with Crippen LogP contribution in [0.25, 0.3) is 0 Å². The summed E-state index contributed by atoms with van der Waals surface area (Å²) in [5, 5.41) is 13.4. The summed E-state index contributed by atoms with van der Waals surface area (Å²) in [5.41, 5.74) is 1.82. The Bertz CT molecular complexity index is 952. The highest BCUT2D eigenvalue weighted by atomic mass is 32.2. The molecule has 0 aliphatic carbocycles. The van der Waals surface area contributed by atoms with Crippen LogP contribution in [0.5, 0.6) is 5.75 Å². The normalized spacial score (nSPS) is 15.4. The van der Waals surface area contributed by atoms with Crippen LogP contribution in [0.2, 0.25) is 0 Å². The Morgan fingerprint density at radius 2 is 1.72 bits per heavy atom. The Morgan fingerprint density at radius 1 is 1.07 bits per heavy atom. The molecule has 0 amide bonds. The van der Waals surface area contributed by atoms with Crippen molar-refractivity contribution >= 4 is 21.7 Å². The smallest absolute Gasteiger partial charge is 0.240 e. The van der Waals surface area contributed by atoms with Gasteiger partial charge in [-0.25, -0.2) is 13.1 Å². The molecule has 3 rings (SSSR count). The molecule has 0 radical (unpaired) electrons. The number of guanidine groups is 1. The molecular formula is C20H27N5O3S. The van der Waals surface area contributed by atoms with Crippen LogP contribution in [0.15, 0.2) is 58.4 Å². The minimum absolute atomic E-state index is 0.244. The van der Waals surface area contributed by atoms with Gasteiger partial charge in [0.2, 0.25) is 10.0 Å². The van der Waals surface area contributed by atoms with Crippen LogP contribution in [-0.2, 0) is 16.6 Å². The number of rotatable bonds is 5. The number of hydrogen-bond donors (Lipinski definition) is 3. The van der Waals surface area contributed by atoms with Gasteiger partial charge in [-0.2, -0.15) is 0 Å². The van der Waals surface area contributed by atoms with E-state index in [1.54, 1.807) is 37.4 Å². The average molecular weight is 418 g/mol. The highest BCUT2D eigenvalue weighted by molar-refractivity contribution is 7.89. The predicted octanol–water partition coefficient (Wildman–Crippen LogP) is 1.20. The summed E-state index contributed by atoms with van der Waals surface area (Å²) in [7, 11) is -0.277. The Hall–Kier alpha value is -2.78. The zero-order chi connectivity index (χ0) is 20.9. The molecule has 1 fully saturated rings. The molecule has 2 aromatic rings. The fraction of sp³-hybridized carbons (Fsp3) is 0.350. The lowest BCUT2D eigenvalue weighted by Gasteiger charge is -2.37. The molecule has 0 unspecified atom stereocenters. The number of benzene rings is 2. The fourth-order valence-electron chi connectivity index (χ4n) is 3.31. The first-order valence-electron chi connectivity index (χ1n) is 9.45. The van der Waals surface area contributed by atoms with Crippen molar-refractivity contribution in [2.24, 2.45) is 4.99 Å². The van der Waals surface area contributed by atoms with Gasteiger partial charge in [0.1, 0.15) is 5.75 Å². The van der Waals surface area contributed by atoms with Crippen LogP contribution >= 0.6 is 0 Å². The van der Waals surface area contributed by atoms with Crippen molar-refractivity contribution in [1.82, 2.24) is 14.9 Å². The third kappa shape index (κ3) is 4.99. The van der Waals surface area contributed by atoms with Gasteiger partial charge in [0.25, 0.3) is 0 Å². The van der Waals surface area contributed by atoms with E-state index in [2.05, 4.69) is 24.8 Å². The van der Waals surface area contributed by atoms with Gasteiger partial charge in [-0.05, 0) is 36.9 Å². The zero-order valence-electron chi connectivity index (χ0n) is 16.7. The third-order valence-electron chi connectivity index (χ3n) is 4.97. The molecule has 2 aromatic carbocycles. The van der Waals surface area contributed by atoms with Crippen molar-refractivity contribution < 1.29 is 13.5 Å². The van der Waals surface area contributed by atoms with Gasteiger partial charge in [-0.15, -0.1) is 0 Å². The van der Waals surface area contributed by atoms with E-state index in [1.807, 2.05) is 18.2 Å². The molecular weight excluding hydrogens is 390 g/mol. The summed E-state index contributed by atoms with van der Waals surface area (Å²) in [6.45, 7) is 3.69. The number of sulfonamides is 1. The Morgan fingerprint density at radius 3 is 2.31 bits per heavy atom. The second kappa shape index (κ2) is 9.15. The van der Waals surface area contributed by atoms with Gasteiger partial charge in [-0.3, -0.25) is 4.99 Å². The zero-order valence-corrected chi connectivity index (χ0v) is 17.5. The van der Waals surface area contributed by atoms with Crippen molar-refractivity contribution in [3.8, 4) is 5.75 Å². The van der Waals surface area contributed by atoms with E-state index < -0.39 is 10.0 Å². The largest absolute Gasteiger partial charge is 0.506 e. The number of hydrogen-bond acceptors (Lipinski definition) is 5. The summed E-state index contributed by atoms with van der Waals surface area (Å²) in [5.74, 6) is 1.10. The molecule has 0 spiro atoms. The highest BCUT2D eigenvalue weighted by Gasteiger charge is 2.21. The Labute approximate surface area is 171 Å². The minimum Gasteiger partial charge on any atom is -0.506 e. The summed E-state index contributed by atoms with van der Waals surface area (Å²) < 4.78 is 25.9. The fourth-order valence-corrected chi connectivity index (χ4v) is 4.04. The number of anilines is 1. The lowest BCUT2D eigenvalue weighted by Crippen LogP contribution is -2.52. The maximum atomic E-state index is 11.8. The molecule has 0 atom stereocenters. The Kier molecular flexibility index (Phi) is 6.60. The van der Waals surface area contributed by atoms with Crippen molar-refractivity contribution in [1.29, 1.82) is 0 Å². The number of nitrogens with zero attached hydrogens (tertiary/aromatic N) is 3. The average Bonchev–Trinajstić information content (AvgIpc) is 2.75. The molecule has 1 aliphatic heterocycles. The Balaban J connectivity index is 1.56. The number of piperazine rings is 1. The third-order valence-corrected chi connectivity index (χ3v) is 6.40. The van der Waals surface area contributed by atoms with Crippen LogP contribution in [0.1, 0.15) is 5.56 Å². The molecule has 3 N–H and O–H groups in total.